The van der Waals surface area contributed by atoms with Crippen LogP contribution in [0.25, 0.3) is 0 Å². The number of ether oxygens (including phenoxy) is 2. The summed E-state index contributed by atoms with van der Waals surface area (Å²) in [4.78, 5) is 0. The highest BCUT2D eigenvalue weighted by Crippen LogP contribution is 2.24. The minimum Gasteiger partial charge on any atom is -0.490 e. The summed E-state index contributed by atoms with van der Waals surface area (Å²) in [7, 11) is 0. The van der Waals surface area contributed by atoms with Crippen molar-refractivity contribution in [3.8, 4) is 11.5 Å². The van der Waals surface area contributed by atoms with Crippen LogP contribution < -0.4 is 14.8 Å². The first-order chi connectivity index (χ1) is 11.9. The van der Waals surface area contributed by atoms with Gasteiger partial charge in [0.15, 0.2) is 0 Å². The third-order valence-electron chi connectivity index (χ3n) is 3.57. The molecule has 3 nitrogen and oxygen atoms in total. The molecule has 1 N–H and O–H groups in total. The normalized spacial score (nSPS) is 10.2. The average Bonchev–Trinajstić information content (AvgIpc) is 2.66. The SMILES string of the molecule is c1ccc(CNc2ccccc2OCCOc2ccccc2)cc1. The quantitative estimate of drug-likeness (QED) is 0.607. The molecule has 0 saturated heterocycles. The Balaban J connectivity index is 1.50. The maximum absolute atomic E-state index is 5.86. The Labute approximate surface area is 142 Å². The van der Waals surface area contributed by atoms with Crippen molar-refractivity contribution in [2.45, 2.75) is 6.54 Å². The molecule has 0 aliphatic heterocycles. The molecule has 0 saturated carbocycles. The Morgan fingerprint density at radius 2 is 1.25 bits per heavy atom. The second-order valence-corrected chi connectivity index (χ2v) is 5.35. The zero-order valence-corrected chi connectivity index (χ0v) is 13.5. The molecule has 0 unspecified atom stereocenters. The van der Waals surface area contributed by atoms with Gasteiger partial charge in [-0.2, -0.15) is 0 Å². The Morgan fingerprint density at radius 1 is 0.625 bits per heavy atom. The lowest BCUT2D eigenvalue weighted by Crippen LogP contribution is -2.10. The van der Waals surface area contributed by atoms with Gasteiger partial charge in [-0.1, -0.05) is 60.7 Å². The number of para-hydroxylation sites is 3. The highest BCUT2D eigenvalue weighted by Gasteiger charge is 2.03. The molecule has 3 aromatic rings. The zero-order valence-electron chi connectivity index (χ0n) is 13.5. The van der Waals surface area contributed by atoms with Crippen LogP contribution in [0.5, 0.6) is 11.5 Å². The number of anilines is 1. The van der Waals surface area contributed by atoms with Crippen molar-refractivity contribution in [3.05, 3.63) is 90.5 Å². The highest BCUT2D eigenvalue weighted by molar-refractivity contribution is 5.56. The maximum atomic E-state index is 5.86. The molecule has 0 aromatic heterocycles. The van der Waals surface area contributed by atoms with Crippen LogP contribution in [0.3, 0.4) is 0 Å². The predicted octanol–water partition coefficient (Wildman–Crippen LogP) is 4.76. The van der Waals surface area contributed by atoms with E-state index in [0.29, 0.717) is 13.2 Å². The molecule has 3 heteroatoms. The second kappa shape index (κ2) is 8.63. The van der Waals surface area contributed by atoms with E-state index in [4.69, 9.17) is 9.47 Å². The van der Waals surface area contributed by atoms with Crippen LogP contribution in [-0.2, 0) is 6.54 Å². The summed E-state index contributed by atoms with van der Waals surface area (Å²) < 4.78 is 11.5. The molecule has 3 rings (SSSR count). The van der Waals surface area contributed by atoms with Gasteiger partial charge in [-0.05, 0) is 29.8 Å². The van der Waals surface area contributed by atoms with Crippen molar-refractivity contribution in [2.75, 3.05) is 18.5 Å². The molecule has 0 aliphatic rings. The minimum absolute atomic E-state index is 0.499. The Kier molecular flexibility index (Phi) is 5.73. The van der Waals surface area contributed by atoms with Gasteiger partial charge in [0.05, 0.1) is 5.69 Å². The van der Waals surface area contributed by atoms with Crippen LogP contribution in [0.15, 0.2) is 84.9 Å². The van der Waals surface area contributed by atoms with Crippen molar-refractivity contribution in [3.63, 3.8) is 0 Å². The first kappa shape index (κ1) is 15.9. The number of benzene rings is 3. The monoisotopic (exact) mass is 319 g/mol. The smallest absolute Gasteiger partial charge is 0.142 e. The molecule has 0 heterocycles. The fourth-order valence-electron chi connectivity index (χ4n) is 2.36. The molecule has 0 radical (unpaired) electrons. The van der Waals surface area contributed by atoms with Crippen LogP contribution >= 0.6 is 0 Å². The number of hydrogen-bond acceptors (Lipinski definition) is 3. The summed E-state index contributed by atoms with van der Waals surface area (Å²) >= 11 is 0. The third kappa shape index (κ3) is 4.78. The number of rotatable bonds is 8. The molecular weight excluding hydrogens is 298 g/mol. The lowest BCUT2D eigenvalue weighted by Gasteiger charge is -2.13. The molecule has 0 bridgehead atoms. The van der Waals surface area contributed by atoms with Crippen LogP contribution in [0.1, 0.15) is 5.56 Å². The Morgan fingerprint density at radius 3 is 2.04 bits per heavy atom. The van der Waals surface area contributed by atoms with E-state index in [-0.39, 0.29) is 0 Å². The lowest BCUT2D eigenvalue weighted by molar-refractivity contribution is 0.218. The van der Waals surface area contributed by atoms with E-state index in [1.54, 1.807) is 0 Å². The van der Waals surface area contributed by atoms with E-state index in [1.807, 2.05) is 72.8 Å². The molecular formula is C21H21NO2. The van der Waals surface area contributed by atoms with Crippen molar-refractivity contribution in [2.24, 2.45) is 0 Å². The Bertz CT molecular complexity index is 729. The summed E-state index contributed by atoms with van der Waals surface area (Å²) in [5.41, 5.74) is 2.22. The summed E-state index contributed by atoms with van der Waals surface area (Å²) in [5, 5.41) is 3.42. The van der Waals surface area contributed by atoms with Gasteiger partial charge in [0.25, 0.3) is 0 Å². The Hall–Kier alpha value is -2.94. The summed E-state index contributed by atoms with van der Waals surface area (Å²) in [5.74, 6) is 1.70. The molecule has 24 heavy (non-hydrogen) atoms. The largest absolute Gasteiger partial charge is 0.490 e. The van der Waals surface area contributed by atoms with Crippen molar-refractivity contribution in [1.29, 1.82) is 0 Å². The van der Waals surface area contributed by atoms with Gasteiger partial charge in [-0.25, -0.2) is 0 Å². The highest BCUT2D eigenvalue weighted by atomic mass is 16.5. The van der Waals surface area contributed by atoms with E-state index in [0.717, 1.165) is 23.7 Å². The van der Waals surface area contributed by atoms with Gasteiger partial charge >= 0.3 is 0 Å². The van der Waals surface area contributed by atoms with Gasteiger partial charge in [0, 0.05) is 6.54 Å². The second-order valence-electron chi connectivity index (χ2n) is 5.35. The van der Waals surface area contributed by atoms with E-state index in [1.165, 1.54) is 5.56 Å². The molecule has 0 fully saturated rings. The van der Waals surface area contributed by atoms with Gasteiger partial charge < -0.3 is 14.8 Å². The molecule has 0 aliphatic carbocycles. The lowest BCUT2D eigenvalue weighted by atomic mass is 10.2. The van der Waals surface area contributed by atoms with E-state index >= 15 is 0 Å². The maximum Gasteiger partial charge on any atom is 0.142 e. The minimum atomic E-state index is 0.499. The van der Waals surface area contributed by atoms with Crippen LogP contribution in [-0.4, -0.2) is 13.2 Å². The summed E-state index contributed by atoms with van der Waals surface area (Å²) in [6, 6.07) is 28.0. The molecule has 3 aromatic carbocycles. The average molecular weight is 319 g/mol. The number of nitrogens with one attached hydrogen (secondary N) is 1. The summed E-state index contributed by atoms with van der Waals surface area (Å²) in [6.07, 6.45) is 0. The molecule has 0 amide bonds. The van der Waals surface area contributed by atoms with Crippen molar-refractivity contribution < 1.29 is 9.47 Å². The molecule has 122 valence electrons. The zero-order chi connectivity index (χ0) is 16.5. The van der Waals surface area contributed by atoms with Gasteiger partial charge in [0.2, 0.25) is 0 Å². The van der Waals surface area contributed by atoms with Gasteiger partial charge in [-0.15, -0.1) is 0 Å². The fourth-order valence-corrected chi connectivity index (χ4v) is 2.36. The van der Waals surface area contributed by atoms with Crippen LogP contribution in [0.4, 0.5) is 5.69 Å². The third-order valence-corrected chi connectivity index (χ3v) is 3.57. The van der Waals surface area contributed by atoms with E-state index < -0.39 is 0 Å². The first-order valence-electron chi connectivity index (χ1n) is 8.09. The van der Waals surface area contributed by atoms with Crippen molar-refractivity contribution >= 4 is 5.69 Å². The molecule has 0 spiro atoms. The summed E-state index contributed by atoms with van der Waals surface area (Å²) in [6.45, 7) is 1.78. The predicted molar refractivity (Wildman–Crippen MR) is 97.6 cm³/mol. The van der Waals surface area contributed by atoms with Gasteiger partial charge in [-0.3, -0.25) is 0 Å². The first-order valence-corrected chi connectivity index (χ1v) is 8.09. The topological polar surface area (TPSA) is 30.5 Å². The van der Waals surface area contributed by atoms with Crippen LogP contribution in [0, 0.1) is 0 Å². The fraction of sp³-hybridized carbons (Fsp3) is 0.143. The standard InChI is InChI=1S/C21H21NO2/c1-3-9-18(10-4-1)17-22-20-13-7-8-14-21(20)24-16-15-23-19-11-5-2-6-12-19/h1-14,22H,15-17H2. The molecule has 0 atom stereocenters. The van der Waals surface area contributed by atoms with Gasteiger partial charge in [0.1, 0.15) is 24.7 Å². The van der Waals surface area contributed by atoms with E-state index in [9.17, 15) is 0 Å². The number of hydrogen-bond donors (Lipinski definition) is 1. The van der Waals surface area contributed by atoms with Crippen LogP contribution in [0.2, 0.25) is 0 Å². The van der Waals surface area contributed by atoms with Crippen molar-refractivity contribution in [1.82, 2.24) is 0 Å². The van der Waals surface area contributed by atoms with E-state index in [2.05, 4.69) is 17.4 Å².